The maximum Gasteiger partial charge on any atom is 0.283 e. The molecule has 0 spiro atoms. The maximum absolute atomic E-state index is 13.0. The van der Waals surface area contributed by atoms with Crippen LogP contribution in [0.25, 0.3) is 0 Å². The largest absolute Gasteiger partial charge is 0.336 e. The summed E-state index contributed by atoms with van der Waals surface area (Å²) in [5, 5.41) is 11.4. The van der Waals surface area contributed by atoms with E-state index in [-0.39, 0.29) is 47.3 Å². The first-order chi connectivity index (χ1) is 13.6. The van der Waals surface area contributed by atoms with Gasteiger partial charge in [-0.2, -0.15) is 4.31 Å². The van der Waals surface area contributed by atoms with Crippen molar-refractivity contribution in [3.8, 4) is 0 Å². The average Bonchev–Trinajstić information content (AvgIpc) is 2.67. The molecular formula is C19H20ClN3O5S. The molecule has 0 aromatic heterocycles. The van der Waals surface area contributed by atoms with Crippen LogP contribution in [0, 0.1) is 24.0 Å². The number of piperazine rings is 1. The molecule has 2 aromatic rings. The van der Waals surface area contributed by atoms with Crippen molar-refractivity contribution >= 4 is 33.2 Å². The molecule has 3 rings (SSSR count). The summed E-state index contributed by atoms with van der Waals surface area (Å²) in [6.45, 7) is 4.15. The summed E-state index contributed by atoms with van der Waals surface area (Å²) in [4.78, 5) is 25.0. The molecule has 8 nitrogen and oxygen atoms in total. The second-order valence-corrected chi connectivity index (χ2v) is 9.23. The summed E-state index contributed by atoms with van der Waals surface area (Å²) < 4.78 is 27.3. The molecule has 0 unspecified atom stereocenters. The van der Waals surface area contributed by atoms with Crippen LogP contribution in [0.3, 0.4) is 0 Å². The van der Waals surface area contributed by atoms with Crippen molar-refractivity contribution in [3.05, 3.63) is 68.2 Å². The summed E-state index contributed by atoms with van der Waals surface area (Å²) in [6.07, 6.45) is 0. The summed E-state index contributed by atoms with van der Waals surface area (Å²) in [7, 11) is -3.68. The number of nitro benzene ring substituents is 1. The smallest absolute Gasteiger partial charge is 0.283 e. The first-order valence-corrected chi connectivity index (χ1v) is 10.7. The van der Waals surface area contributed by atoms with Gasteiger partial charge in [-0.05, 0) is 37.6 Å². The van der Waals surface area contributed by atoms with Gasteiger partial charge in [-0.3, -0.25) is 14.9 Å². The Balaban J connectivity index is 1.77. The fourth-order valence-corrected chi connectivity index (χ4v) is 5.16. The third-order valence-electron chi connectivity index (χ3n) is 4.86. The van der Waals surface area contributed by atoms with E-state index in [0.29, 0.717) is 5.56 Å². The van der Waals surface area contributed by atoms with Crippen LogP contribution < -0.4 is 0 Å². The van der Waals surface area contributed by atoms with Gasteiger partial charge in [-0.15, -0.1) is 0 Å². The van der Waals surface area contributed by atoms with Crippen molar-refractivity contribution in [2.24, 2.45) is 0 Å². The van der Waals surface area contributed by atoms with Gasteiger partial charge in [0.15, 0.2) is 0 Å². The maximum atomic E-state index is 13.0. The topological polar surface area (TPSA) is 101 Å². The molecule has 1 aliphatic rings. The van der Waals surface area contributed by atoms with Gasteiger partial charge in [0, 0.05) is 37.3 Å². The highest BCUT2D eigenvalue weighted by Crippen LogP contribution is 2.26. The van der Waals surface area contributed by atoms with Crippen LogP contribution in [-0.2, 0) is 10.0 Å². The van der Waals surface area contributed by atoms with E-state index in [1.807, 2.05) is 13.0 Å². The SMILES string of the molecule is Cc1ccc(S(=O)(=O)N2CCN(C(=O)c3ccc(Cl)cc3[N+](=O)[O-])CC2)c(C)c1. The Morgan fingerprint density at radius 1 is 1.07 bits per heavy atom. The second-order valence-electron chi connectivity index (χ2n) is 6.88. The molecule has 1 saturated heterocycles. The molecule has 1 aliphatic heterocycles. The molecule has 29 heavy (non-hydrogen) atoms. The average molecular weight is 438 g/mol. The Hall–Kier alpha value is -2.49. The number of aryl methyl sites for hydroxylation is 2. The van der Waals surface area contributed by atoms with Crippen LogP contribution in [0.15, 0.2) is 41.3 Å². The van der Waals surface area contributed by atoms with E-state index >= 15 is 0 Å². The second kappa shape index (κ2) is 8.10. The van der Waals surface area contributed by atoms with Crippen molar-refractivity contribution in [2.45, 2.75) is 18.7 Å². The Labute approximate surface area is 173 Å². The molecule has 10 heteroatoms. The fourth-order valence-electron chi connectivity index (χ4n) is 3.37. The third kappa shape index (κ3) is 4.26. The van der Waals surface area contributed by atoms with Gasteiger partial charge in [-0.25, -0.2) is 8.42 Å². The highest BCUT2D eigenvalue weighted by molar-refractivity contribution is 7.89. The molecule has 1 amide bonds. The molecule has 154 valence electrons. The van der Waals surface area contributed by atoms with Crippen LogP contribution in [0.1, 0.15) is 21.5 Å². The lowest BCUT2D eigenvalue weighted by Gasteiger charge is -2.34. The number of halogens is 1. The van der Waals surface area contributed by atoms with Crippen LogP contribution >= 0.6 is 11.6 Å². The van der Waals surface area contributed by atoms with Crippen molar-refractivity contribution in [1.29, 1.82) is 0 Å². The number of sulfonamides is 1. The Kier molecular flexibility index (Phi) is 5.92. The lowest BCUT2D eigenvalue weighted by atomic mass is 10.1. The number of carbonyl (C=O) groups is 1. The molecule has 0 N–H and O–H groups in total. The highest BCUT2D eigenvalue weighted by atomic mass is 35.5. The van der Waals surface area contributed by atoms with Crippen LogP contribution in [0.5, 0.6) is 0 Å². The molecule has 1 heterocycles. The van der Waals surface area contributed by atoms with Crippen LogP contribution in [0.2, 0.25) is 5.02 Å². The summed E-state index contributed by atoms with van der Waals surface area (Å²) >= 11 is 5.80. The van der Waals surface area contributed by atoms with Gasteiger partial charge in [0.25, 0.3) is 11.6 Å². The van der Waals surface area contributed by atoms with Gasteiger partial charge in [-0.1, -0.05) is 29.3 Å². The quantitative estimate of drug-likeness (QED) is 0.540. The van der Waals surface area contributed by atoms with E-state index < -0.39 is 20.9 Å². The number of carbonyl (C=O) groups excluding carboxylic acids is 1. The standard InChI is InChI=1S/C19H20ClN3O5S/c1-13-3-6-18(14(2)11-13)29(27,28)22-9-7-21(8-10-22)19(24)16-5-4-15(20)12-17(16)23(25)26/h3-6,11-12H,7-10H2,1-2H3. The predicted octanol–water partition coefficient (Wildman–Crippen LogP) is 3.01. The summed E-state index contributed by atoms with van der Waals surface area (Å²) in [5.74, 6) is -0.517. The molecular weight excluding hydrogens is 418 g/mol. The zero-order valence-corrected chi connectivity index (χ0v) is 17.5. The highest BCUT2D eigenvalue weighted by Gasteiger charge is 2.33. The van der Waals surface area contributed by atoms with Crippen LogP contribution in [0.4, 0.5) is 5.69 Å². The lowest BCUT2D eigenvalue weighted by Crippen LogP contribution is -2.50. The molecule has 0 radical (unpaired) electrons. The third-order valence-corrected chi connectivity index (χ3v) is 7.15. The van der Waals surface area contributed by atoms with Crippen molar-refractivity contribution in [3.63, 3.8) is 0 Å². The molecule has 0 bridgehead atoms. The minimum Gasteiger partial charge on any atom is -0.336 e. The number of nitrogens with zero attached hydrogens (tertiary/aromatic N) is 3. The van der Waals surface area contributed by atoms with Crippen molar-refractivity contribution in [2.75, 3.05) is 26.2 Å². The number of hydrogen-bond acceptors (Lipinski definition) is 5. The normalized spacial score (nSPS) is 15.3. The van der Waals surface area contributed by atoms with Crippen LogP contribution in [-0.4, -0.2) is 54.6 Å². The van der Waals surface area contributed by atoms with E-state index in [9.17, 15) is 23.3 Å². The lowest BCUT2D eigenvalue weighted by molar-refractivity contribution is -0.385. The van der Waals surface area contributed by atoms with E-state index in [1.165, 1.54) is 21.3 Å². The first-order valence-electron chi connectivity index (χ1n) is 8.92. The summed E-state index contributed by atoms with van der Waals surface area (Å²) in [6, 6.07) is 9.03. The number of rotatable bonds is 4. The number of benzene rings is 2. The predicted molar refractivity (Wildman–Crippen MR) is 109 cm³/mol. The van der Waals surface area contributed by atoms with Gasteiger partial charge in [0.05, 0.1) is 9.82 Å². The number of hydrogen-bond donors (Lipinski definition) is 0. The Bertz CT molecular complexity index is 1080. The van der Waals surface area contributed by atoms with E-state index in [4.69, 9.17) is 11.6 Å². The molecule has 1 fully saturated rings. The van der Waals surface area contributed by atoms with E-state index in [0.717, 1.165) is 11.6 Å². The summed E-state index contributed by atoms with van der Waals surface area (Å²) in [5.41, 5.74) is 1.21. The molecule has 2 aromatic carbocycles. The minimum atomic E-state index is -3.68. The Morgan fingerprint density at radius 2 is 1.72 bits per heavy atom. The van der Waals surface area contributed by atoms with E-state index in [1.54, 1.807) is 19.1 Å². The van der Waals surface area contributed by atoms with Gasteiger partial charge < -0.3 is 4.90 Å². The Morgan fingerprint density at radius 3 is 2.31 bits per heavy atom. The molecule has 0 atom stereocenters. The van der Waals surface area contributed by atoms with Crippen molar-refractivity contribution < 1.29 is 18.1 Å². The van der Waals surface area contributed by atoms with E-state index in [2.05, 4.69) is 0 Å². The van der Waals surface area contributed by atoms with Crippen molar-refractivity contribution in [1.82, 2.24) is 9.21 Å². The zero-order chi connectivity index (χ0) is 21.3. The van der Waals surface area contributed by atoms with Gasteiger partial charge in [0.1, 0.15) is 5.56 Å². The fraction of sp³-hybridized carbons (Fsp3) is 0.316. The van der Waals surface area contributed by atoms with Gasteiger partial charge in [0.2, 0.25) is 10.0 Å². The number of nitro groups is 1. The number of amides is 1. The first kappa shape index (κ1) is 21.2. The van der Waals surface area contributed by atoms with Gasteiger partial charge >= 0.3 is 0 Å². The molecule has 0 aliphatic carbocycles. The zero-order valence-electron chi connectivity index (χ0n) is 16.0. The minimum absolute atomic E-state index is 0.0647. The molecule has 0 saturated carbocycles. The monoisotopic (exact) mass is 437 g/mol.